The molecule has 9 nitrogen and oxygen atoms in total. The molecule has 28 heavy (non-hydrogen) atoms. The van der Waals surface area contributed by atoms with Crippen LogP contribution in [0.25, 0.3) is 17.0 Å². The lowest BCUT2D eigenvalue weighted by molar-refractivity contribution is 0.0383. The van der Waals surface area contributed by atoms with Crippen LogP contribution in [0.15, 0.2) is 30.6 Å². The molecule has 4 heterocycles. The summed E-state index contributed by atoms with van der Waals surface area (Å²) in [5, 5.41) is 16.3. The highest BCUT2D eigenvalue weighted by Gasteiger charge is 2.17. The Balaban J connectivity index is 1.45. The average molecular weight is 379 g/mol. The van der Waals surface area contributed by atoms with Crippen molar-refractivity contribution in [3.63, 3.8) is 0 Å². The molecule has 0 aromatic carbocycles. The van der Waals surface area contributed by atoms with Crippen LogP contribution >= 0.6 is 0 Å². The van der Waals surface area contributed by atoms with E-state index in [1.165, 1.54) is 0 Å². The highest BCUT2D eigenvalue weighted by molar-refractivity contribution is 5.93. The summed E-state index contributed by atoms with van der Waals surface area (Å²) in [6, 6.07) is 7.29. The summed E-state index contributed by atoms with van der Waals surface area (Å²) in [4.78, 5) is 19.3. The van der Waals surface area contributed by atoms with Crippen molar-refractivity contribution < 1.29 is 9.53 Å². The standard InChI is InChI=1S/C19H21N7O2/c1-24-17(16-13-26-4-2-14(12-20)10-18(26)22-16)11-15(23-24)19(27)21-3-5-25-6-8-28-9-7-25/h2,4,10-11,13H,3,5-9H2,1H3,(H,21,27). The minimum Gasteiger partial charge on any atom is -0.379 e. The van der Waals surface area contributed by atoms with E-state index < -0.39 is 0 Å². The van der Waals surface area contributed by atoms with Crippen molar-refractivity contribution in [3.05, 3.63) is 41.9 Å². The van der Waals surface area contributed by atoms with Crippen LogP contribution in [-0.2, 0) is 11.8 Å². The number of morpholine rings is 1. The first-order chi connectivity index (χ1) is 13.6. The number of hydrogen-bond acceptors (Lipinski definition) is 6. The summed E-state index contributed by atoms with van der Waals surface area (Å²) in [6.45, 7) is 4.63. The van der Waals surface area contributed by atoms with Gasteiger partial charge in [-0.1, -0.05) is 0 Å². The van der Waals surface area contributed by atoms with Crippen molar-refractivity contribution in [1.29, 1.82) is 5.26 Å². The van der Waals surface area contributed by atoms with Crippen molar-refractivity contribution in [2.24, 2.45) is 7.05 Å². The second-order valence-electron chi connectivity index (χ2n) is 6.67. The molecule has 0 radical (unpaired) electrons. The Bertz CT molecular complexity index is 1040. The Hall–Kier alpha value is -3.22. The van der Waals surface area contributed by atoms with Crippen LogP contribution in [0, 0.1) is 11.3 Å². The van der Waals surface area contributed by atoms with E-state index in [0.717, 1.165) is 38.5 Å². The molecular weight excluding hydrogens is 358 g/mol. The van der Waals surface area contributed by atoms with Gasteiger partial charge >= 0.3 is 0 Å². The van der Waals surface area contributed by atoms with E-state index in [2.05, 4.69) is 26.4 Å². The molecule has 9 heteroatoms. The Morgan fingerprint density at radius 1 is 1.36 bits per heavy atom. The molecule has 3 aromatic rings. The van der Waals surface area contributed by atoms with E-state index >= 15 is 0 Å². The minimum atomic E-state index is -0.203. The number of nitrogens with one attached hydrogen (secondary N) is 1. The topological polar surface area (TPSA) is 100 Å². The number of ether oxygens (including phenoxy) is 1. The SMILES string of the molecule is Cn1nc(C(=O)NCCN2CCOCC2)cc1-c1cn2ccc(C#N)cc2n1. The second-order valence-corrected chi connectivity index (χ2v) is 6.67. The molecule has 1 N–H and O–H groups in total. The molecule has 0 spiro atoms. The Morgan fingerprint density at radius 2 is 2.18 bits per heavy atom. The smallest absolute Gasteiger partial charge is 0.271 e. The fourth-order valence-electron chi connectivity index (χ4n) is 3.24. The van der Waals surface area contributed by atoms with Crippen LogP contribution in [0.5, 0.6) is 0 Å². The molecule has 0 unspecified atom stereocenters. The number of aryl methyl sites for hydroxylation is 1. The van der Waals surface area contributed by atoms with Crippen molar-refractivity contribution >= 4 is 11.6 Å². The lowest BCUT2D eigenvalue weighted by atomic mass is 10.3. The first-order valence-electron chi connectivity index (χ1n) is 9.15. The van der Waals surface area contributed by atoms with Crippen molar-refractivity contribution in [1.82, 2.24) is 29.4 Å². The van der Waals surface area contributed by atoms with E-state index in [4.69, 9.17) is 10.00 Å². The molecule has 1 fully saturated rings. The number of nitrogens with zero attached hydrogens (tertiary/aromatic N) is 6. The van der Waals surface area contributed by atoms with Gasteiger partial charge in [-0.05, 0) is 18.2 Å². The molecule has 0 bridgehead atoms. The predicted octanol–water partition coefficient (Wildman–Crippen LogP) is 0.668. The number of carbonyl (C=O) groups is 1. The Labute approximate surface area is 162 Å². The van der Waals surface area contributed by atoms with Gasteiger partial charge in [0.15, 0.2) is 5.69 Å². The van der Waals surface area contributed by atoms with Crippen LogP contribution in [0.4, 0.5) is 0 Å². The van der Waals surface area contributed by atoms with Crippen LogP contribution in [0.3, 0.4) is 0 Å². The minimum absolute atomic E-state index is 0.203. The largest absolute Gasteiger partial charge is 0.379 e. The Morgan fingerprint density at radius 3 is 2.96 bits per heavy atom. The summed E-state index contributed by atoms with van der Waals surface area (Å²) in [5.74, 6) is -0.203. The highest BCUT2D eigenvalue weighted by atomic mass is 16.5. The summed E-state index contributed by atoms with van der Waals surface area (Å²) >= 11 is 0. The van der Waals surface area contributed by atoms with Crippen molar-refractivity contribution in [3.8, 4) is 17.5 Å². The lowest BCUT2D eigenvalue weighted by Crippen LogP contribution is -2.41. The van der Waals surface area contributed by atoms with Gasteiger partial charge in [0.05, 0.1) is 30.5 Å². The van der Waals surface area contributed by atoms with Gasteiger partial charge in [-0.25, -0.2) is 4.98 Å². The number of fused-ring (bicyclic) bond motifs is 1. The second kappa shape index (κ2) is 7.80. The number of imidazole rings is 1. The molecule has 4 rings (SSSR count). The van der Waals surface area contributed by atoms with Gasteiger partial charge in [-0.2, -0.15) is 10.4 Å². The van der Waals surface area contributed by atoms with E-state index in [-0.39, 0.29) is 5.91 Å². The van der Waals surface area contributed by atoms with Gasteiger partial charge in [0.1, 0.15) is 11.3 Å². The first-order valence-corrected chi connectivity index (χ1v) is 9.15. The Kier molecular flexibility index (Phi) is 5.06. The van der Waals surface area contributed by atoms with Crippen LogP contribution in [0.1, 0.15) is 16.1 Å². The summed E-state index contributed by atoms with van der Waals surface area (Å²) in [7, 11) is 1.78. The van der Waals surface area contributed by atoms with Gasteiger partial charge in [0.2, 0.25) is 0 Å². The summed E-state index contributed by atoms with van der Waals surface area (Å²) in [5.41, 5.74) is 3.01. The molecule has 144 valence electrons. The lowest BCUT2D eigenvalue weighted by Gasteiger charge is -2.26. The number of rotatable bonds is 5. The average Bonchev–Trinajstić information content (AvgIpc) is 3.31. The monoisotopic (exact) mass is 379 g/mol. The molecule has 0 aliphatic carbocycles. The normalized spacial score (nSPS) is 14.9. The molecule has 3 aromatic heterocycles. The molecule has 1 saturated heterocycles. The zero-order valence-corrected chi connectivity index (χ0v) is 15.6. The van der Waals surface area contributed by atoms with Crippen LogP contribution < -0.4 is 5.32 Å². The third-order valence-electron chi connectivity index (χ3n) is 4.78. The molecule has 1 amide bonds. The van der Waals surface area contributed by atoms with E-state index in [9.17, 15) is 4.79 Å². The molecule has 1 aliphatic heterocycles. The summed E-state index contributed by atoms with van der Waals surface area (Å²) in [6.07, 6.45) is 3.65. The van der Waals surface area contributed by atoms with Crippen molar-refractivity contribution in [2.75, 3.05) is 39.4 Å². The van der Waals surface area contributed by atoms with E-state index in [1.807, 2.05) is 10.6 Å². The maximum atomic E-state index is 12.4. The van der Waals surface area contributed by atoms with Gasteiger partial charge in [-0.15, -0.1) is 0 Å². The van der Waals surface area contributed by atoms with E-state index in [1.54, 1.807) is 36.1 Å². The van der Waals surface area contributed by atoms with Crippen LogP contribution in [-0.4, -0.2) is 69.4 Å². The predicted molar refractivity (Wildman–Crippen MR) is 102 cm³/mol. The third-order valence-corrected chi connectivity index (χ3v) is 4.78. The quantitative estimate of drug-likeness (QED) is 0.699. The van der Waals surface area contributed by atoms with Gasteiger partial charge in [0.25, 0.3) is 5.91 Å². The van der Waals surface area contributed by atoms with Gasteiger partial charge in [0, 0.05) is 45.6 Å². The maximum absolute atomic E-state index is 12.4. The zero-order chi connectivity index (χ0) is 19.5. The fourth-order valence-corrected chi connectivity index (χ4v) is 3.24. The number of amides is 1. The van der Waals surface area contributed by atoms with Crippen molar-refractivity contribution in [2.45, 2.75) is 0 Å². The fraction of sp³-hybridized carbons (Fsp3) is 0.368. The summed E-state index contributed by atoms with van der Waals surface area (Å²) < 4.78 is 8.81. The molecule has 0 saturated carbocycles. The molecular formula is C19H21N7O2. The third kappa shape index (κ3) is 3.74. The highest BCUT2D eigenvalue weighted by Crippen LogP contribution is 2.20. The number of carbonyl (C=O) groups excluding carboxylic acids is 1. The number of aromatic nitrogens is 4. The zero-order valence-electron chi connectivity index (χ0n) is 15.6. The number of hydrogen-bond donors (Lipinski definition) is 1. The molecule has 0 atom stereocenters. The number of nitriles is 1. The first kappa shape index (κ1) is 18.2. The van der Waals surface area contributed by atoms with Crippen LogP contribution in [0.2, 0.25) is 0 Å². The maximum Gasteiger partial charge on any atom is 0.271 e. The van der Waals surface area contributed by atoms with Gasteiger partial charge in [-0.3, -0.25) is 14.4 Å². The van der Waals surface area contributed by atoms with E-state index in [0.29, 0.717) is 29.1 Å². The number of pyridine rings is 1. The van der Waals surface area contributed by atoms with Gasteiger partial charge < -0.3 is 14.5 Å². The molecule has 1 aliphatic rings.